The first-order valence-corrected chi connectivity index (χ1v) is 7.01. The van der Waals surface area contributed by atoms with E-state index in [2.05, 4.69) is 0 Å². The molecule has 0 aliphatic carbocycles. The third-order valence-electron chi connectivity index (χ3n) is 3.36. The van der Waals surface area contributed by atoms with Crippen LogP contribution in [0.4, 0.5) is 17.1 Å². The molecule has 0 amide bonds. The second-order valence-electron chi connectivity index (χ2n) is 4.84. The van der Waals surface area contributed by atoms with Crippen molar-refractivity contribution < 1.29 is 4.92 Å². The fourth-order valence-electron chi connectivity index (χ4n) is 2.18. The molecule has 0 unspecified atom stereocenters. The molecule has 110 valence electrons. The molecular weight excluding hydrogens is 311 g/mol. The summed E-state index contributed by atoms with van der Waals surface area (Å²) in [5.41, 5.74) is 3.31. The Morgan fingerprint density at radius 3 is 2.29 bits per heavy atom. The highest BCUT2D eigenvalue weighted by Crippen LogP contribution is 2.34. The van der Waals surface area contributed by atoms with E-state index < -0.39 is 0 Å². The van der Waals surface area contributed by atoms with E-state index in [9.17, 15) is 10.1 Å². The lowest BCUT2D eigenvalue weighted by Crippen LogP contribution is -2.11. The smallest absolute Gasteiger partial charge is 0.272 e. The van der Waals surface area contributed by atoms with Crippen molar-refractivity contribution in [3.05, 3.63) is 61.6 Å². The molecule has 0 fully saturated rings. The molecule has 0 atom stereocenters. The van der Waals surface area contributed by atoms with Gasteiger partial charge in [-0.05, 0) is 43.7 Å². The number of halogens is 2. The number of hydrogen-bond acceptors (Lipinski definition) is 3. The third kappa shape index (κ3) is 3.12. The lowest BCUT2D eigenvalue weighted by atomic mass is 10.1. The maximum Gasteiger partial charge on any atom is 0.272 e. The van der Waals surface area contributed by atoms with Gasteiger partial charge < -0.3 is 4.90 Å². The van der Waals surface area contributed by atoms with Crippen LogP contribution < -0.4 is 4.90 Å². The standard InChI is InChI=1S/C15H14Cl2N2O2/c1-9-7-15(19(20)21)10(2)6-14(9)18(3)11-4-5-12(16)13(17)8-11/h4-8H,1-3H3. The Bertz CT molecular complexity index is 717. The summed E-state index contributed by atoms with van der Waals surface area (Å²) in [6, 6.07) is 8.72. The molecule has 0 radical (unpaired) electrons. The summed E-state index contributed by atoms with van der Waals surface area (Å²) in [7, 11) is 1.88. The van der Waals surface area contributed by atoms with Gasteiger partial charge in [-0.25, -0.2) is 0 Å². The first-order chi connectivity index (χ1) is 9.81. The fraction of sp³-hybridized carbons (Fsp3) is 0.200. The minimum absolute atomic E-state index is 0.124. The molecule has 0 aromatic heterocycles. The molecule has 0 aliphatic heterocycles. The summed E-state index contributed by atoms with van der Waals surface area (Å²) in [6.45, 7) is 3.57. The van der Waals surface area contributed by atoms with Crippen LogP contribution in [-0.2, 0) is 0 Å². The largest absolute Gasteiger partial charge is 0.344 e. The van der Waals surface area contributed by atoms with Gasteiger partial charge in [-0.1, -0.05) is 23.2 Å². The lowest BCUT2D eigenvalue weighted by Gasteiger charge is -2.22. The summed E-state index contributed by atoms with van der Waals surface area (Å²) in [6.07, 6.45) is 0. The molecule has 0 aliphatic rings. The van der Waals surface area contributed by atoms with Crippen LogP contribution >= 0.6 is 23.2 Å². The van der Waals surface area contributed by atoms with Gasteiger partial charge in [0.15, 0.2) is 0 Å². The minimum Gasteiger partial charge on any atom is -0.344 e. The summed E-state index contributed by atoms with van der Waals surface area (Å²) in [5.74, 6) is 0. The van der Waals surface area contributed by atoms with Crippen molar-refractivity contribution in [2.45, 2.75) is 13.8 Å². The van der Waals surface area contributed by atoms with Gasteiger partial charge in [0.05, 0.1) is 15.0 Å². The van der Waals surface area contributed by atoms with Gasteiger partial charge in [-0.2, -0.15) is 0 Å². The van der Waals surface area contributed by atoms with Crippen LogP contribution in [0.5, 0.6) is 0 Å². The second kappa shape index (κ2) is 5.92. The average Bonchev–Trinajstić information content (AvgIpc) is 2.43. The lowest BCUT2D eigenvalue weighted by molar-refractivity contribution is -0.385. The molecule has 0 saturated carbocycles. The Hall–Kier alpha value is -1.78. The predicted octanol–water partition coefficient (Wildman–Crippen LogP) is 5.29. The Morgan fingerprint density at radius 2 is 1.71 bits per heavy atom. The van der Waals surface area contributed by atoms with Crippen molar-refractivity contribution in [1.29, 1.82) is 0 Å². The van der Waals surface area contributed by atoms with E-state index >= 15 is 0 Å². The van der Waals surface area contributed by atoms with Gasteiger partial charge in [0.2, 0.25) is 0 Å². The van der Waals surface area contributed by atoms with Crippen molar-refractivity contribution in [3.63, 3.8) is 0 Å². The molecule has 0 saturated heterocycles. The Morgan fingerprint density at radius 1 is 1.05 bits per heavy atom. The molecule has 0 spiro atoms. The molecular formula is C15H14Cl2N2O2. The van der Waals surface area contributed by atoms with Crippen LogP contribution in [0, 0.1) is 24.0 Å². The predicted molar refractivity (Wildman–Crippen MR) is 87.1 cm³/mol. The van der Waals surface area contributed by atoms with E-state index in [0.717, 1.165) is 16.9 Å². The molecule has 2 rings (SSSR count). The van der Waals surface area contributed by atoms with Crippen LogP contribution in [0.15, 0.2) is 30.3 Å². The number of nitrogens with zero attached hydrogens (tertiary/aromatic N) is 2. The van der Waals surface area contributed by atoms with Crippen molar-refractivity contribution in [2.75, 3.05) is 11.9 Å². The van der Waals surface area contributed by atoms with Crippen molar-refractivity contribution in [1.82, 2.24) is 0 Å². The second-order valence-corrected chi connectivity index (χ2v) is 5.65. The van der Waals surface area contributed by atoms with Crippen LogP contribution in [0.1, 0.15) is 11.1 Å². The zero-order valence-electron chi connectivity index (χ0n) is 11.9. The van der Waals surface area contributed by atoms with Gasteiger partial charge in [0.25, 0.3) is 5.69 Å². The Kier molecular flexibility index (Phi) is 4.40. The average molecular weight is 325 g/mol. The van der Waals surface area contributed by atoms with E-state index in [0.29, 0.717) is 15.6 Å². The molecule has 0 N–H and O–H groups in total. The zero-order valence-corrected chi connectivity index (χ0v) is 13.4. The van der Waals surface area contributed by atoms with E-state index in [-0.39, 0.29) is 10.6 Å². The summed E-state index contributed by atoms with van der Waals surface area (Å²) in [5, 5.41) is 11.9. The van der Waals surface area contributed by atoms with E-state index in [4.69, 9.17) is 23.2 Å². The van der Waals surface area contributed by atoms with Gasteiger partial charge >= 0.3 is 0 Å². The van der Waals surface area contributed by atoms with E-state index in [1.807, 2.05) is 24.9 Å². The number of nitro benzene ring substituents is 1. The normalized spacial score (nSPS) is 10.5. The maximum atomic E-state index is 11.0. The molecule has 0 heterocycles. The van der Waals surface area contributed by atoms with Crippen LogP contribution in [0.3, 0.4) is 0 Å². The molecule has 4 nitrogen and oxygen atoms in total. The quantitative estimate of drug-likeness (QED) is 0.569. The van der Waals surface area contributed by atoms with Crippen molar-refractivity contribution in [2.24, 2.45) is 0 Å². The summed E-state index contributed by atoms with van der Waals surface area (Å²) >= 11 is 12.0. The first kappa shape index (κ1) is 15.6. The SMILES string of the molecule is Cc1cc([N+](=O)[O-])c(C)cc1N(C)c1ccc(Cl)c(Cl)c1. The zero-order chi connectivity index (χ0) is 15.7. The molecule has 2 aromatic rings. The number of benzene rings is 2. The topological polar surface area (TPSA) is 46.4 Å². The van der Waals surface area contributed by atoms with Crippen molar-refractivity contribution in [3.8, 4) is 0 Å². The highest BCUT2D eigenvalue weighted by Gasteiger charge is 2.16. The Labute approximate surface area is 133 Å². The third-order valence-corrected chi connectivity index (χ3v) is 4.10. The number of hydrogen-bond donors (Lipinski definition) is 0. The monoisotopic (exact) mass is 324 g/mol. The van der Waals surface area contributed by atoms with Crippen LogP contribution in [-0.4, -0.2) is 12.0 Å². The van der Waals surface area contributed by atoms with Gasteiger partial charge in [0.1, 0.15) is 0 Å². The van der Waals surface area contributed by atoms with Gasteiger partial charge in [-0.3, -0.25) is 10.1 Å². The van der Waals surface area contributed by atoms with Crippen LogP contribution in [0.2, 0.25) is 10.0 Å². The van der Waals surface area contributed by atoms with Gasteiger partial charge in [0, 0.05) is 30.1 Å². The number of aryl methyl sites for hydroxylation is 2. The molecule has 2 aromatic carbocycles. The molecule has 21 heavy (non-hydrogen) atoms. The molecule has 0 bridgehead atoms. The maximum absolute atomic E-state index is 11.0. The highest BCUT2D eigenvalue weighted by molar-refractivity contribution is 6.42. The summed E-state index contributed by atoms with van der Waals surface area (Å²) < 4.78 is 0. The number of rotatable bonds is 3. The first-order valence-electron chi connectivity index (χ1n) is 6.25. The Balaban J connectivity index is 2.48. The van der Waals surface area contributed by atoms with Gasteiger partial charge in [-0.15, -0.1) is 0 Å². The number of nitro groups is 1. The summed E-state index contributed by atoms with van der Waals surface area (Å²) in [4.78, 5) is 12.5. The van der Waals surface area contributed by atoms with Crippen LogP contribution in [0.25, 0.3) is 0 Å². The molecule has 6 heteroatoms. The highest BCUT2D eigenvalue weighted by atomic mass is 35.5. The van der Waals surface area contributed by atoms with Crippen molar-refractivity contribution >= 4 is 40.3 Å². The van der Waals surface area contributed by atoms with E-state index in [1.165, 1.54) is 0 Å². The fourth-order valence-corrected chi connectivity index (χ4v) is 2.47. The van der Waals surface area contributed by atoms with E-state index in [1.54, 1.807) is 31.2 Å². The number of anilines is 2. The minimum atomic E-state index is -0.370.